The van der Waals surface area contributed by atoms with E-state index in [4.69, 9.17) is 5.11 Å². The summed E-state index contributed by atoms with van der Waals surface area (Å²) in [5, 5.41) is 15.7. The van der Waals surface area contributed by atoms with Gasteiger partial charge in [-0.05, 0) is 18.2 Å². The van der Waals surface area contributed by atoms with E-state index in [1.165, 1.54) is 24.3 Å². The number of hydrogen-bond donors (Lipinski definition) is 4. The summed E-state index contributed by atoms with van der Waals surface area (Å²) in [7, 11) is 0. The van der Waals surface area contributed by atoms with E-state index in [1.807, 2.05) is 20.8 Å². The largest absolute Gasteiger partial charge is 0.478 e. The van der Waals surface area contributed by atoms with Crippen molar-refractivity contribution >= 4 is 17.8 Å². The monoisotopic (exact) mass is 330 g/mol. The molecular formula is C16H18N4O4. The minimum atomic E-state index is -1.23. The maximum atomic E-state index is 12.1. The lowest BCUT2D eigenvalue weighted by Gasteiger charge is -2.14. The Morgan fingerprint density at radius 3 is 2.17 bits per heavy atom. The van der Waals surface area contributed by atoms with Crippen molar-refractivity contribution in [3.63, 3.8) is 0 Å². The third kappa shape index (κ3) is 3.78. The molecule has 1 aromatic carbocycles. The van der Waals surface area contributed by atoms with Gasteiger partial charge < -0.3 is 5.11 Å². The van der Waals surface area contributed by atoms with Crippen molar-refractivity contribution in [3.05, 3.63) is 52.8 Å². The molecule has 2 rings (SSSR count). The highest BCUT2D eigenvalue weighted by Gasteiger charge is 2.20. The maximum Gasteiger partial charge on any atom is 0.336 e. The Morgan fingerprint density at radius 1 is 1.04 bits per heavy atom. The van der Waals surface area contributed by atoms with E-state index in [9.17, 15) is 14.4 Å². The molecule has 0 unspecified atom stereocenters. The average molecular weight is 330 g/mol. The molecule has 2 amide bonds. The summed E-state index contributed by atoms with van der Waals surface area (Å²) in [5.74, 6) is -2.56. The van der Waals surface area contributed by atoms with Crippen molar-refractivity contribution in [1.29, 1.82) is 0 Å². The highest BCUT2D eigenvalue weighted by molar-refractivity contribution is 6.05. The van der Waals surface area contributed by atoms with E-state index in [0.717, 1.165) is 5.69 Å². The lowest BCUT2D eigenvalue weighted by atomic mass is 9.92. The van der Waals surface area contributed by atoms with Crippen LogP contribution < -0.4 is 10.9 Å². The average Bonchev–Trinajstić information content (AvgIpc) is 3.02. The predicted molar refractivity (Wildman–Crippen MR) is 85.6 cm³/mol. The number of amides is 2. The van der Waals surface area contributed by atoms with Crippen LogP contribution in [0.25, 0.3) is 0 Å². The molecule has 24 heavy (non-hydrogen) atoms. The first kappa shape index (κ1) is 17.2. The first-order valence-corrected chi connectivity index (χ1v) is 7.19. The third-order valence-electron chi connectivity index (χ3n) is 3.31. The molecule has 0 aliphatic rings. The van der Waals surface area contributed by atoms with Crippen LogP contribution in [-0.2, 0) is 5.41 Å². The molecule has 8 heteroatoms. The third-order valence-corrected chi connectivity index (χ3v) is 3.31. The molecule has 8 nitrogen and oxygen atoms in total. The number of hydrazine groups is 1. The fourth-order valence-electron chi connectivity index (χ4n) is 1.93. The van der Waals surface area contributed by atoms with Crippen LogP contribution in [0, 0.1) is 0 Å². The smallest absolute Gasteiger partial charge is 0.336 e. The maximum absolute atomic E-state index is 12.1. The molecule has 1 heterocycles. The van der Waals surface area contributed by atoms with Gasteiger partial charge in [0.15, 0.2) is 5.69 Å². The van der Waals surface area contributed by atoms with Crippen molar-refractivity contribution in [1.82, 2.24) is 21.0 Å². The Kier molecular flexibility index (Phi) is 4.68. The van der Waals surface area contributed by atoms with Crippen LogP contribution >= 0.6 is 0 Å². The number of carboxylic acid groups (broad SMARTS) is 1. The number of carboxylic acids is 1. The Morgan fingerprint density at radius 2 is 1.62 bits per heavy atom. The van der Waals surface area contributed by atoms with Gasteiger partial charge in [-0.25, -0.2) is 4.79 Å². The lowest BCUT2D eigenvalue weighted by Crippen LogP contribution is -2.42. The van der Waals surface area contributed by atoms with E-state index in [-0.39, 0.29) is 22.2 Å². The number of rotatable bonds is 3. The second-order valence-electron chi connectivity index (χ2n) is 6.18. The number of aromatic carboxylic acids is 1. The first-order valence-electron chi connectivity index (χ1n) is 7.19. The molecule has 1 aromatic heterocycles. The Bertz CT molecular complexity index is 789. The molecule has 0 fully saturated rings. The number of H-pyrrole nitrogens is 1. The molecule has 126 valence electrons. The topological polar surface area (TPSA) is 124 Å². The number of hydrogen-bond acceptors (Lipinski definition) is 4. The molecule has 0 bridgehead atoms. The van der Waals surface area contributed by atoms with E-state index in [0.29, 0.717) is 0 Å². The van der Waals surface area contributed by atoms with E-state index < -0.39 is 17.8 Å². The number of aromatic nitrogens is 2. The number of carbonyl (C=O) groups is 3. The molecule has 2 aromatic rings. The number of aromatic amines is 1. The Hall–Kier alpha value is -3.16. The summed E-state index contributed by atoms with van der Waals surface area (Å²) in [5.41, 5.74) is 4.88. The van der Waals surface area contributed by atoms with Gasteiger partial charge >= 0.3 is 5.97 Å². The first-order chi connectivity index (χ1) is 11.2. The van der Waals surface area contributed by atoms with Crippen LogP contribution in [0.4, 0.5) is 0 Å². The van der Waals surface area contributed by atoms with Crippen molar-refractivity contribution in [2.45, 2.75) is 26.2 Å². The summed E-state index contributed by atoms with van der Waals surface area (Å²) in [6.07, 6.45) is 0. The highest BCUT2D eigenvalue weighted by Crippen LogP contribution is 2.20. The molecule has 0 saturated heterocycles. The van der Waals surface area contributed by atoms with Crippen molar-refractivity contribution in [2.24, 2.45) is 0 Å². The van der Waals surface area contributed by atoms with Gasteiger partial charge in [-0.1, -0.05) is 32.9 Å². The van der Waals surface area contributed by atoms with E-state index in [1.54, 1.807) is 6.07 Å². The van der Waals surface area contributed by atoms with Crippen LogP contribution in [0.5, 0.6) is 0 Å². The molecule has 0 atom stereocenters. The zero-order valence-corrected chi connectivity index (χ0v) is 13.5. The van der Waals surface area contributed by atoms with Crippen LogP contribution in [-0.4, -0.2) is 33.1 Å². The molecular weight excluding hydrogens is 312 g/mol. The van der Waals surface area contributed by atoms with Crippen molar-refractivity contribution in [2.75, 3.05) is 0 Å². The molecule has 0 radical (unpaired) electrons. The quantitative estimate of drug-likeness (QED) is 0.635. The fraction of sp³-hybridized carbons (Fsp3) is 0.250. The number of carbonyl (C=O) groups excluding carboxylic acids is 2. The molecule has 4 N–H and O–H groups in total. The summed E-state index contributed by atoms with van der Waals surface area (Å²) in [6, 6.07) is 7.30. The lowest BCUT2D eigenvalue weighted by molar-refractivity contribution is 0.0690. The summed E-state index contributed by atoms with van der Waals surface area (Å²) in [6.45, 7) is 5.90. The second kappa shape index (κ2) is 6.53. The van der Waals surface area contributed by atoms with Crippen molar-refractivity contribution in [3.8, 4) is 0 Å². The second-order valence-corrected chi connectivity index (χ2v) is 6.18. The van der Waals surface area contributed by atoms with Gasteiger partial charge in [0.25, 0.3) is 11.8 Å². The van der Waals surface area contributed by atoms with Gasteiger partial charge in [0, 0.05) is 11.1 Å². The Balaban J connectivity index is 2.06. The summed E-state index contributed by atoms with van der Waals surface area (Å²) >= 11 is 0. The standard InChI is InChI=1S/C16H18N4O4/c1-16(2,3)12-8-11(17-18-12)14(22)20-19-13(21)9-6-4-5-7-10(9)15(23)24/h4-8H,1-3H3,(H,17,18)(H,19,21)(H,20,22)(H,23,24). The minimum absolute atomic E-state index is 0.0530. The van der Waals surface area contributed by atoms with Crippen LogP contribution in [0.15, 0.2) is 30.3 Å². The van der Waals surface area contributed by atoms with Gasteiger partial charge in [-0.15, -0.1) is 0 Å². The van der Waals surface area contributed by atoms with Gasteiger partial charge in [-0.2, -0.15) is 5.10 Å². The number of benzene rings is 1. The van der Waals surface area contributed by atoms with Crippen LogP contribution in [0.3, 0.4) is 0 Å². The zero-order chi connectivity index (χ0) is 17.9. The molecule has 0 saturated carbocycles. The SMILES string of the molecule is CC(C)(C)c1cc(C(=O)NNC(=O)c2ccccc2C(=O)O)n[nH]1. The number of nitrogens with zero attached hydrogens (tertiary/aromatic N) is 1. The summed E-state index contributed by atoms with van der Waals surface area (Å²) in [4.78, 5) is 35.2. The van der Waals surface area contributed by atoms with Gasteiger partial charge in [-0.3, -0.25) is 25.5 Å². The molecule has 0 aliphatic carbocycles. The van der Waals surface area contributed by atoms with Crippen LogP contribution in [0.1, 0.15) is 57.7 Å². The van der Waals surface area contributed by atoms with Gasteiger partial charge in [0.05, 0.1) is 11.1 Å². The zero-order valence-electron chi connectivity index (χ0n) is 13.5. The normalized spacial score (nSPS) is 11.0. The Labute approximate surface area is 138 Å². The highest BCUT2D eigenvalue weighted by atomic mass is 16.4. The van der Waals surface area contributed by atoms with Gasteiger partial charge in [0.2, 0.25) is 0 Å². The van der Waals surface area contributed by atoms with E-state index >= 15 is 0 Å². The van der Waals surface area contributed by atoms with E-state index in [2.05, 4.69) is 21.0 Å². The van der Waals surface area contributed by atoms with Gasteiger partial charge in [0.1, 0.15) is 0 Å². The molecule has 0 spiro atoms. The van der Waals surface area contributed by atoms with Crippen LogP contribution in [0.2, 0.25) is 0 Å². The molecule has 0 aliphatic heterocycles. The number of nitrogens with one attached hydrogen (secondary N) is 3. The summed E-state index contributed by atoms with van der Waals surface area (Å²) < 4.78 is 0. The minimum Gasteiger partial charge on any atom is -0.478 e. The fourth-order valence-corrected chi connectivity index (χ4v) is 1.93. The van der Waals surface area contributed by atoms with Crippen molar-refractivity contribution < 1.29 is 19.5 Å². The predicted octanol–water partition coefficient (Wildman–Crippen LogP) is 1.48.